The molecule has 0 fully saturated rings. The lowest BCUT2D eigenvalue weighted by molar-refractivity contribution is -0.118. The largest absolute Gasteiger partial charge is 0.375 e. The number of rotatable bonds is 8. The molecule has 0 heterocycles. The van der Waals surface area contributed by atoms with Gasteiger partial charge in [-0.3, -0.25) is 4.79 Å². The highest BCUT2D eigenvalue weighted by Crippen LogP contribution is 2.10. The van der Waals surface area contributed by atoms with Crippen LogP contribution in [0.3, 0.4) is 0 Å². The van der Waals surface area contributed by atoms with E-state index in [0.29, 0.717) is 6.54 Å². The van der Waals surface area contributed by atoms with Crippen molar-refractivity contribution in [3.8, 4) is 0 Å². The van der Waals surface area contributed by atoms with Gasteiger partial charge in [0.2, 0.25) is 5.91 Å². The minimum Gasteiger partial charge on any atom is -0.375 e. The SMILES string of the molecule is CC(=O)NCCNCCCN(C)c1ccccc1. The van der Waals surface area contributed by atoms with Gasteiger partial charge in [-0.1, -0.05) is 18.2 Å². The van der Waals surface area contributed by atoms with Gasteiger partial charge in [0.05, 0.1) is 0 Å². The summed E-state index contributed by atoms with van der Waals surface area (Å²) < 4.78 is 0. The molecule has 1 aromatic carbocycles. The number of carbonyl (C=O) groups is 1. The molecule has 18 heavy (non-hydrogen) atoms. The van der Waals surface area contributed by atoms with E-state index in [1.54, 1.807) is 0 Å². The van der Waals surface area contributed by atoms with E-state index in [4.69, 9.17) is 0 Å². The molecule has 1 rings (SSSR count). The summed E-state index contributed by atoms with van der Waals surface area (Å²) in [6.45, 7) is 5.06. The van der Waals surface area contributed by atoms with Gasteiger partial charge in [-0.2, -0.15) is 0 Å². The zero-order valence-electron chi connectivity index (χ0n) is 11.3. The van der Waals surface area contributed by atoms with Crippen LogP contribution >= 0.6 is 0 Å². The Labute approximate surface area is 109 Å². The van der Waals surface area contributed by atoms with Crippen molar-refractivity contribution in [2.75, 3.05) is 38.1 Å². The van der Waals surface area contributed by atoms with E-state index in [0.717, 1.165) is 26.1 Å². The first-order valence-electron chi connectivity index (χ1n) is 6.41. The lowest BCUT2D eigenvalue weighted by Crippen LogP contribution is -2.31. The van der Waals surface area contributed by atoms with Gasteiger partial charge in [-0.25, -0.2) is 0 Å². The summed E-state index contributed by atoms with van der Waals surface area (Å²) in [6.07, 6.45) is 1.09. The van der Waals surface area contributed by atoms with Crippen LogP contribution in [0.2, 0.25) is 0 Å². The Bertz CT molecular complexity index is 340. The smallest absolute Gasteiger partial charge is 0.216 e. The molecule has 0 aromatic heterocycles. The topological polar surface area (TPSA) is 44.4 Å². The van der Waals surface area contributed by atoms with Gasteiger partial charge >= 0.3 is 0 Å². The van der Waals surface area contributed by atoms with E-state index >= 15 is 0 Å². The molecule has 0 saturated carbocycles. The van der Waals surface area contributed by atoms with E-state index in [-0.39, 0.29) is 5.91 Å². The second-order valence-corrected chi connectivity index (χ2v) is 4.34. The van der Waals surface area contributed by atoms with Crippen LogP contribution in [0.1, 0.15) is 13.3 Å². The molecule has 0 bridgehead atoms. The summed E-state index contributed by atoms with van der Waals surface area (Å²) in [5.41, 5.74) is 1.25. The average Bonchev–Trinajstić information content (AvgIpc) is 2.38. The van der Waals surface area contributed by atoms with Crippen LogP contribution in [0.5, 0.6) is 0 Å². The van der Waals surface area contributed by atoms with Gasteiger partial charge in [0.1, 0.15) is 0 Å². The molecule has 0 atom stereocenters. The van der Waals surface area contributed by atoms with Gasteiger partial charge in [-0.15, -0.1) is 0 Å². The number of carbonyl (C=O) groups excluding carboxylic acids is 1. The predicted molar refractivity (Wildman–Crippen MR) is 75.9 cm³/mol. The molecule has 4 heteroatoms. The van der Waals surface area contributed by atoms with Crippen LogP contribution in [0.4, 0.5) is 5.69 Å². The Balaban J connectivity index is 2.03. The van der Waals surface area contributed by atoms with Crippen molar-refractivity contribution in [1.82, 2.24) is 10.6 Å². The van der Waals surface area contributed by atoms with Crippen LogP contribution in [0, 0.1) is 0 Å². The number of hydrogen-bond acceptors (Lipinski definition) is 3. The molecule has 0 aliphatic rings. The van der Waals surface area contributed by atoms with Crippen LogP contribution in [0.25, 0.3) is 0 Å². The van der Waals surface area contributed by atoms with E-state index in [2.05, 4.69) is 46.8 Å². The zero-order valence-corrected chi connectivity index (χ0v) is 11.3. The van der Waals surface area contributed by atoms with Crippen LogP contribution in [0.15, 0.2) is 30.3 Å². The van der Waals surface area contributed by atoms with Crippen LogP contribution < -0.4 is 15.5 Å². The predicted octanol–water partition coefficient (Wildman–Crippen LogP) is 1.24. The second kappa shape index (κ2) is 8.53. The summed E-state index contributed by atoms with van der Waals surface area (Å²) in [5.74, 6) is 0.0283. The van der Waals surface area contributed by atoms with E-state index in [9.17, 15) is 4.79 Å². The molecule has 1 aromatic rings. The number of nitrogens with one attached hydrogen (secondary N) is 2. The molecule has 0 saturated heterocycles. The van der Waals surface area contributed by atoms with Crippen molar-refractivity contribution >= 4 is 11.6 Å². The molecule has 1 amide bonds. The maximum atomic E-state index is 10.6. The van der Waals surface area contributed by atoms with E-state index < -0.39 is 0 Å². The minimum atomic E-state index is 0.0283. The quantitative estimate of drug-likeness (QED) is 0.681. The van der Waals surface area contributed by atoms with Crippen molar-refractivity contribution in [3.05, 3.63) is 30.3 Å². The van der Waals surface area contributed by atoms with Gasteiger partial charge in [0.15, 0.2) is 0 Å². The molecule has 0 aliphatic carbocycles. The first-order chi connectivity index (χ1) is 8.70. The molecule has 0 radical (unpaired) electrons. The van der Waals surface area contributed by atoms with E-state index in [1.807, 2.05) is 6.07 Å². The van der Waals surface area contributed by atoms with Gasteiger partial charge in [-0.05, 0) is 25.1 Å². The fourth-order valence-electron chi connectivity index (χ4n) is 1.70. The van der Waals surface area contributed by atoms with Crippen molar-refractivity contribution in [3.63, 3.8) is 0 Å². The van der Waals surface area contributed by atoms with Crippen LogP contribution in [-0.2, 0) is 4.79 Å². The summed E-state index contributed by atoms with van der Waals surface area (Å²) >= 11 is 0. The average molecular weight is 249 g/mol. The Kier molecular flexibility index (Phi) is 6.87. The monoisotopic (exact) mass is 249 g/mol. The number of benzene rings is 1. The first-order valence-corrected chi connectivity index (χ1v) is 6.41. The number of amides is 1. The number of hydrogen-bond donors (Lipinski definition) is 2. The molecular formula is C14H23N3O. The minimum absolute atomic E-state index is 0.0283. The third-order valence-electron chi connectivity index (χ3n) is 2.72. The molecule has 0 spiro atoms. The molecule has 100 valence electrons. The van der Waals surface area contributed by atoms with Gasteiger partial charge in [0.25, 0.3) is 0 Å². The molecule has 4 nitrogen and oxygen atoms in total. The van der Waals surface area contributed by atoms with Crippen molar-refractivity contribution in [1.29, 1.82) is 0 Å². The van der Waals surface area contributed by atoms with Crippen molar-refractivity contribution in [2.45, 2.75) is 13.3 Å². The summed E-state index contributed by atoms with van der Waals surface area (Å²) in [7, 11) is 2.10. The summed E-state index contributed by atoms with van der Waals surface area (Å²) in [6, 6.07) is 10.4. The van der Waals surface area contributed by atoms with Crippen molar-refractivity contribution < 1.29 is 4.79 Å². The molecule has 2 N–H and O–H groups in total. The molecule has 0 aliphatic heterocycles. The maximum Gasteiger partial charge on any atom is 0.216 e. The number of para-hydroxylation sites is 1. The Hall–Kier alpha value is -1.55. The summed E-state index contributed by atoms with van der Waals surface area (Å²) in [5, 5.41) is 6.07. The van der Waals surface area contributed by atoms with Crippen molar-refractivity contribution in [2.24, 2.45) is 0 Å². The summed E-state index contributed by atoms with van der Waals surface area (Å²) in [4.78, 5) is 12.9. The fourth-order valence-corrected chi connectivity index (χ4v) is 1.70. The Morgan fingerprint density at radius 2 is 1.89 bits per heavy atom. The lowest BCUT2D eigenvalue weighted by atomic mass is 10.3. The van der Waals surface area contributed by atoms with Gasteiger partial charge in [0, 0.05) is 39.3 Å². The second-order valence-electron chi connectivity index (χ2n) is 4.34. The van der Waals surface area contributed by atoms with Crippen LogP contribution in [-0.4, -0.2) is 39.1 Å². The molecule has 0 unspecified atom stereocenters. The third kappa shape index (κ3) is 6.25. The number of anilines is 1. The highest BCUT2D eigenvalue weighted by molar-refractivity contribution is 5.72. The Morgan fingerprint density at radius 1 is 1.17 bits per heavy atom. The lowest BCUT2D eigenvalue weighted by Gasteiger charge is -2.19. The van der Waals surface area contributed by atoms with Gasteiger partial charge < -0.3 is 15.5 Å². The molecular weight excluding hydrogens is 226 g/mol. The third-order valence-corrected chi connectivity index (χ3v) is 2.72. The standard InChI is InChI=1S/C14H23N3O/c1-13(18)16-11-10-15-9-6-12-17(2)14-7-4-3-5-8-14/h3-5,7-8,15H,6,9-12H2,1-2H3,(H,16,18). The first kappa shape index (κ1) is 14.5. The highest BCUT2D eigenvalue weighted by atomic mass is 16.1. The zero-order chi connectivity index (χ0) is 13.2. The fraction of sp³-hybridized carbons (Fsp3) is 0.500. The highest BCUT2D eigenvalue weighted by Gasteiger charge is 1.98. The maximum absolute atomic E-state index is 10.6. The Morgan fingerprint density at radius 3 is 2.56 bits per heavy atom. The van der Waals surface area contributed by atoms with E-state index in [1.165, 1.54) is 12.6 Å². The number of nitrogens with zero attached hydrogens (tertiary/aromatic N) is 1. The normalized spacial score (nSPS) is 10.1.